The van der Waals surface area contributed by atoms with Gasteiger partial charge in [0, 0.05) is 0 Å². The SMILES string of the molecule is NC[C@H]1CC[C@H](C2CCCCC2)CC1. The third-order valence-electron chi connectivity index (χ3n) is 4.54. The molecule has 14 heavy (non-hydrogen) atoms. The van der Waals surface area contributed by atoms with Crippen molar-refractivity contribution >= 4 is 0 Å². The van der Waals surface area contributed by atoms with E-state index in [-0.39, 0.29) is 0 Å². The van der Waals surface area contributed by atoms with E-state index in [0.29, 0.717) is 0 Å². The van der Waals surface area contributed by atoms with Crippen molar-refractivity contribution in [2.75, 3.05) is 6.54 Å². The van der Waals surface area contributed by atoms with Gasteiger partial charge in [-0.25, -0.2) is 0 Å². The van der Waals surface area contributed by atoms with Crippen molar-refractivity contribution < 1.29 is 0 Å². The van der Waals surface area contributed by atoms with Crippen molar-refractivity contribution in [2.24, 2.45) is 23.5 Å². The average Bonchev–Trinajstić information content (AvgIpc) is 2.30. The van der Waals surface area contributed by atoms with Gasteiger partial charge in [-0.05, 0) is 50.0 Å². The summed E-state index contributed by atoms with van der Waals surface area (Å²) in [5.74, 6) is 3.01. The lowest BCUT2D eigenvalue weighted by Gasteiger charge is -2.35. The van der Waals surface area contributed by atoms with Crippen LogP contribution in [0.2, 0.25) is 0 Å². The molecule has 0 unspecified atom stereocenters. The van der Waals surface area contributed by atoms with E-state index >= 15 is 0 Å². The summed E-state index contributed by atoms with van der Waals surface area (Å²) in [7, 11) is 0. The van der Waals surface area contributed by atoms with E-state index in [1.54, 1.807) is 0 Å². The van der Waals surface area contributed by atoms with Crippen LogP contribution in [0.4, 0.5) is 0 Å². The minimum absolute atomic E-state index is 0.856. The molecule has 2 aliphatic rings. The van der Waals surface area contributed by atoms with Gasteiger partial charge in [0.05, 0.1) is 0 Å². The molecule has 0 aromatic rings. The van der Waals surface area contributed by atoms with Gasteiger partial charge < -0.3 is 5.73 Å². The molecule has 0 atom stereocenters. The van der Waals surface area contributed by atoms with Crippen LogP contribution in [0, 0.1) is 17.8 Å². The summed E-state index contributed by atoms with van der Waals surface area (Å²) in [5.41, 5.74) is 5.73. The highest BCUT2D eigenvalue weighted by molar-refractivity contribution is 4.79. The van der Waals surface area contributed by atoms with E-state index in [2.05, 4.69) is 0 Å². The third kappa shape index (κ3) is 2.50. The van der Waals surface area contributed by atoms with Gasteiger partial charge in [-0.15, -0.1) is 0 Å². The van der Waals surface area contributed by atoms with Crippen molar-refractivity contribution in [3.8, 4) is 0 Å². The van der Waals surface area contributed by atoms with Crippen LogP contribution in [0.25, 0.3) is 0 Å². The van der Waals surface area contributed by atoms with Crippen LogP contribution in [0.3, 0.4) is 0 Å². The molecular formula is C13H25N. The van der Waals surface area contributed by atoms with Gasteiger partial charge >= 0.3 is 0 Å². The van der Waals surface area contributed by atoms with Crippen LogP contribution in [0.15, 0.2) is 0 Å². The molecule has 0 heterocycles. The van der Waals surface area contributed by atoms with Crippen LogP contribution in [0.1, 0.15) is 57.8 Å². The Morgan fingerprint density at radius 1 is 0.714 bits per heavy atom. The van der Waals surface area contributed by atoms with Gasteiger partial charge in [-0.3, -0.25) is 0 Å². The Balaban J connectivity index is 1.76. The largest absolute Gasteiger partial charge is 0.330 e. The second-order valence-corrected chi connectivity index (χ2v) is 5.41. The highest BCUT2D eigenvalue weighted by atomic mass is 14.6. The quantitative estimate of drug-likeness (QED) is 0.718. The fraction of sp³-hybridized carbons (Fsp3) is 1.00. The van der Waals surface area contributed by atoms with Gasteiger partial charge in [-0.2, -0.15) is 0 Å². The molecule has 0 radical (unpaired) electrons. The molecule has 2 aliphatic carbocycles. The second kappa shape index (κ2) is 5.16. The topological polar surface area (TPSA) is 26.0 Å². The molecular weight excluding hydrogens is 170 g/mol. The van der Waals surface area contributed by atoms with Gasteiger partial charge in [0.25, 0.3) is 0 Å². The van der Waals surface area contributed by atoms with Crippen LogP contribution in [-0.2, 0) is 0 Å². The first-order valence-electron chi connectivity index (χ1n) is 6.60. The molecule has 2 fully saturated rings. The zero-order valence-corrected chi connectivity index (χ0v) is 9.38. The van der Waals surface area contributed by atoms with Crippen LogP contribution in [-0.4, -0.2) is 6.54 Å². The first-order chi connectivity index (χ1) is 6.90. The summed E-state index contributed by atoms with van der Waals surface area (Å²) < 4.78 is 0. The maximum atomic E-state index is 5.73. The summed E-state index contributed by atoms with van der Waals surface area (Å²) in [4.78, 5) is 0. The molecule has 82 valence electrons. The zero-order valence-electron chi connectivity index (χ0n) is 9.38. The van der Waals surface area contributed by atoms with E-state index in [0.717, 1.165) is 24.3 Å². The lowest BCUT2D eigenvalue weighted by molar-refractivity contribution is 0.169. The summed E-state index contributed by atoms with van der Waals surface area (Å²) in [6.07, 6.45) is 13.3. The van der Waals surface area contributed by atoms with Crippen molar-refractivity contribution in [3.63, 3.8) is 0 Å². The van der Waals surface area contributed by atoms with Gasteiger partial charge in [0.15, 0.2) is 0 Å². The van der Waals surface area contributed by atoms with Crippen molar-refractivity contribution in [1.29, 1.82) is 0 Å². The van der Waals surface area contributed by atoms with E-state index < -0.39 is 0 Å². The molecule has 0 aromatic carbocycles. The Bertz CT molecular complexity index is 153. The average molecular weight is 195 g/mol. The molecule has 2 rings (SSSR count). The maximum Gasteiger partial charge on any atom is -0.00489 e. The molecule has 2 N–H and O–H groups in total. The molecule has 0 aromatic heterocycles. The predicted octanol–water partition coefficient (Wildman–Crippen LogP) is 3.33. The van der Waals surface area contributed by atoms with Crippen molar-refractivity contribution in [3.05, 3.63) is 0 Å². The summed E-state index contributed by atoms with van der Waals surface area (Å²) in [6, 6.07) is 0. The summed E-state index contributed by atoms with van der Waals surface area (Å²) in [6.45, 7) is 0.928. The van der Waals surface area contributed by atoms with E-state index in [4.69, 9.17) is 5.73 Å². The highest BCUT2D eigenvalue weighted by Crippen LogP contribution is 2.39. The van der Waals surface area contributed by atoms with Crippen molar-refractivity contribution in [2.45, 2.75) is 57.8 Å². The monoisotopic (exact) mass is 195 g/mol. The van der Waals surface area contributed by atoms with E-state index in [1.165, 1.54) is 57.8 Å². The molecule has 1 heteroatoms. The number of hydrogen-bond donors (Lipinski definition) is 1. The first kappa shape index (κ1) is 10.5. The Morgan fingerprint density at radius 3 is 1.86 bits per heavy atom. The summed E-state index contributed by atoms with van der Waals surface area (Å²) >= 11 is 0. The Labute approximate surface area is 88.4 Å². The minimum atomic E-state index is 0.856. The molecule has 0 bridgehead atoms. The third-order valence-corrected chi connectivity index (χ3v) is 4.54. The fourth-order valence-corrected chi connectivity index (χ4v) is 3.50. The number of nitrogens with two attached hydrogens (primary N) is 1. The minimum Gasteiger partial charge on any atom is -0.330 e. The van der Waals surface area contributed by atoms with E-state index in [1.807, 2.05) is 0 Å². The fourth-order valence-electron chi connectivity index (χ4n) is 3.50. The molecule has 0 saturated heterocycles. The first-order valence-corrected chi connectivity index (χ1v) is 6.60. The van der Waals surface area contributed by atoms with Crippen LogP contribution < -0.4 is 5.73 Å². The zero-order chi connectivity index (χ0) is 9.80. The lowest BCUT2D eigenvalue weighted by atomic mass is 9.71. The molecule has 0 amide bonds. The standard InChI is InChI=1S/C13H25N/c14-10-11-6-8-13(9-7-11)12-4-2-1-3-5-12/h11-13H,1-10,14H2/t11-,13-. The van der Waals surface area contributed by atoms with Crippen LogP contribution >= 0.6 is 0 Å². The smallest absolute Gasteiger partial charge is 0.00489 e. The predicted molar refractivity (Wildman–Crippen MR) is 61.1 cm³/mol. The number of rotatable bonds is 2. The normalized spacial score (nSPS) is 35.8. The van der Waals surface area contributed by atoms with Crippen LogP contribution in [0.5, 0.6) is 0 Å². The van der Waals surface area contributed by atoms with Crippen molar-refractivity contribution in [1.82, 2.24) is 0 Å². The molecule has 2 saturated carbocycles. The summed E-state index contributed by atoms with van der Waals surface area (Å²) in [5, 5.41) is 0. The highest BCUT2D eigenvalue weighted by Gasteiger charge is 2.27. The van der Waals surface area contributed by atoms with E-state index in [9.17, 15) is 0 Å². The van der Waals surface area contributed by atoms with Gasteiger partial charge in [0.1, 0.15) is 0 Å². The second-order valence-electron chi connectivity index (χ2n) is 5.41. The van der Waals surface area contributed by atoms with Gasteiger partial charge in [-0.1, -0.05) is 32.1 Å². The molecule has 0 spiro atoms. The molecule has 0 aliphatic heterocycles. The Hall–Kier alpha value is -0.0400. The lowest BCUT2D eigenvalue weighted by Crippen LogP contribution is -2.26. The van der Waals surface area contributed by atoms with Gasteiger partial charge in [0.2, 0.25) is 0 Å². The Kier molecular flexibility index (Phi) is 3.86. The maximum absolute atomic E-state index is 5.73. The Morgan fingerprint density at radius 2 is 1.29 bits per heavy atom. The number of hydrogen-bond acceptors (Lipinski definition) is 1. The molecule has 1 nitrogen and oxygen atoms in total.